The molecule has 1 aliphatic rings. The molecular weight excluding hydrogens is 320 g/mol. The van der Waals surface area contributed by atoms with Gasteiger partial charge in [0, 0.05) is 11.1 Å². The van der Waals surface area contributed by atoms with E-state index in [4.69, 9.17) is 0 Å². The van der Waals surface area contributed by atoms with Crippen LogP contribution < -0.4 is 0 Å². The second-order valence-corrected chi connectivity index (χ2v) is 6.60. The van der Waals surface area contributed by atoms with Crippen molar-refractivity contribution in [1.82, 2.24) is 0 Å². The predicted octanol–water partition coefficient (Wildman–Crippen LogP) is 5.66. The highest BCUT2D eigenvalue weighted by atomic mass is 16.1. The second kappa shape index (κ2) is 6.23. The van der Waals surface area contributed by atoms with Gasteiger partial charge in [-0.15, -0.1) is 0 Å². The summed E-state index contributed by atoms with van der Waals surface area (Å²) in [6.07, 6.45) is 2.12. The smallest absolute Gasteiger partial charge is 0.159 e. The van der Waals surface area contributed by atoms with Crippen LogP contribution in [0.4, 0.5) is 0 Å². The van der Waals surface area contributed by atoms with Gasteiger partial charge in [0.2, 0.25) is 0 Å². The molecule has 0 aromatic heterocycles. The van der Waals surface area contributed by atoms with Crippen LogP contribution in [0.1, 0.15) is 51.3 Å². The first-order valence-electron chi connectivity index (χ1n) is 8.62. The van der Waals surface area contributed by atoms with Gasteiger partial charge in [0.1, 0.15) is 0 Å². The first-order chi connectivity index (χ1) is 12.5. The van der Waals surface area contributed by atoms with Crippen molar-refractivity contribution in [3.63, 3.8) is 0 Å². The Kier molecular flexibility index (Phi) is 3.89. The van der Waals surface area contributed by atoms with E-state index in [1.54, 1.807) is 13.8 Å². The SMILES string of the molecule is CC(=O)c1ccc2c(c1)C(=Cc1ccccc1)c1cc(C(C)=O)ccc1-2. The number of fused-ring (bicyclic) bond motifs is 3. The number of carbonyl (C=O) groups is 2. The molecule has 126 valence electrons. The fourth-order valence-corrected chi connectivity index (χ4v) is 3.46. The summed E-state index contributed by atoms with van der Waals surface area (Å²) in [4.78, 5) is 23.7. The highest BCUT2D eigenvalue weighted by Gasteiger charge is 2.25. The van der Waals surface area contributed by atoms with E-state index in [2.05, 4.69) is 6.08 Å². The monoisotopic (exact) mass is 338 g/mol. The van der Waals surface area contributed by atoms with E-state index in [1.165, 1.54) is 0 Å². The maximum atomic E-state index is 11.9. The molecular formula is C24H18O2. The average Bonchev–Trinajstić information content (AvgIpc) is 2.95. The maximum Gasteiger partial charge on any atom is 0.159 e. The van der Waals surface area contributed by atoms with E-state index in [-0.39, 0.29) is 11.6 Å². The van der Waals surface area contributed by atoms with Gasteiger partial charge in [-0.2, -0.15) is 0 Å². The van der Waals surface area contributed by atoms with Crippen molar-refractivity contribution >= 4 is 23.2 Å². The molecule has 1 aliphatic carbocycles. The van der Waals surface area contributed by atoms with Gasteiger partial charge in [-0.25, -0.2) is 0 Å². The molecule has 0 fully saturated rings. The highest BCUT2D eigenvalue weighted by Crippen LogP contribution is 2.45. The lowest BCUT2D eigenvalue weighted by Gasteiger charge is -2.06. The van der Waals surface area contributed by atoms with E-state index >= 15 is 0 Å². The van der Waals surface area contributed by atoms with Gasteiger partial charge in [-0.1, -0.05) is 54.6 Å². The molecule has 0 saturated carbocycles. The molecule has 0 saturated heterocycles. The summed E-state index contributed by atoms with van der Waals surface area (Å²) in [5.74, 6) is 0.0967. The van der Waals surface area contributed by atoms with Gasteiger partial charge in [-0.3, -0.25) is 9.59 Å². The molecule has 0 atom stereocenters. The van der Waals surface area contributed by atoms with Gasteiger partial charge in [0.05, 0.1) is 0 Å². The number of Topliss-reactive ketones (excluding diaryl/α,β-unsaturated/α-hetero) is 2. The van der Waals surface area contributed by atoms with Crippen LogP contribution in [0.5, 0.6) is 0 Å². The molecule has 0 heterocycles. The molecule has 3 aromatic carbocycles. The summed E-state index contributed by atoms with van der Waals surface area (Å²) in [7, 11) is 0. The Bertz CT molecular complexity index is 1010. The summed E-state index contributed by atoms with van der Waals surface area (Å²) >= 11 is 0. The fraction of sp³-hybridized carbons (Fsp3) is 0.0833. The first kappa shape index (κ1) is 16.2. The van der Waals surface area contributed by atoms with Crippen molar-refractivity contribution in [3.05, 3.63) is 94.5 Å². The van der Waals surface area contributed by atoms with Crippen LogP contribution in [-0.2, 0) is 0 Å². The summed E-state index contributed by atoms with van der Waals surface area (Å²) in [5, 5.41) is 0. The third-order valence-electron chi connectivity index (χ3n) is 4.83. The lowest BCUT2D eigenvalue weighted by Crippen LogP contribution is -1.93. The molecule has 0 amide bonds. The predicted molar refractivity (Wildman–Crippen MR) is 105 cm³/mol. The van der Waals surface area contributed by atoms with Crippen molar-refractivity contribution in [3.8, 4) is 11.1 Å². The Hall–Kier alpha value is -3.26. The van der Waals surface area contributed by atoms with Crippen LogP contribution in [0.15, 0.2) is 66.7 Å². The number of hydrogen-bond donors (Lipinski definition) is 0. The van der Waals surface area contributed by atoms with Crippen LogP contribution in [0, 0.1) is 0 Å². The molecule has 26 heavy (non-hydrogen) atoms. The Balaban J connectivity index is 1.99. The Morgan fingerprint density at radius 1 is 0.654 bits per heavy atom. The van der Waals surface area contributed by atoms with Gasteiger partial charge < -0.3 is 0 Å². The molecule has 0 spiro atoms. The quantitative estimate of drug-likeness (QED) is 0.452. The van der Waals surface area contributed by atoms with Crippen LogP contribution in [0.25, 0.3) is 22.8 Å². The minimum absolute atomic E-state index is 0.0484. The third-order valence-corrected chi connectivity index (χ3v) is 4.83. The Labute approximate surface area is 152 Å². The van der Waals surface area contributed by atoms with E-state index in [1.807, 2.05) is 66.7 Å². The normalized spacial score (nSPS) is 11.7. The van der Waals surface area contributed by atoms with E-state index in [9.17, 15) is 9.59 Å². The molecule has 2 nitrogen and oxygen atoms in total. The highest BCUT2D eigenvalue weighted by molar-refractivity contribution is 6.09. The van der Waals surface area contributed by atoms with Crippen molar-refractivity contribution in [2.75, 3.05) is 0 Å². The summed E-state index contributed by atoms with van der Waals surface area (Å²) in [5.41, 5.74) is 7.80. The third kappa shape index (κ3) is 2.70. The topological polar surface area (TPSA) is 34.1 Å². The minimum Gasteiger partial charge on any atom is -0.295 e. The van der Waals surface area contributed by atoms with Gasteiger partial charge >= 0.3 is 0 Å². The van der Waals surface area contributed by atoms with Gasteiger partial charge in [0.25, 0.3) is 0 Å². The molecule has 0 unspecified atom stereocenters. The first-order valence-corrected chi connectivity index (χ1v) is 8.62. The van der Waals surface area contributed by atoms with Crippen molar-refractivity contribution in [1.29, 1.82) is 0 Å². The van der Waals surface area contributed by atoms with Gasteiger partial charge in [-0.05, 0) is 65.4 Å². The largest absolute Gasteiger partial charge is 0.295 e. The molecule has 0 aliphatic heterocycles. The summed E-state index contributed by atoms with van der Waals surface area (Å²) in [6.45, 7) is 3.16. The van der Waals surface area contributed by atoms with Crippen LogP contribution in [-0.4, -0.2) is 11.6 Å². The zero-order valence-corrected chi connectivity index (χ0v) is 14.7. The number of hydrogen-bond acceptors (Lipinski definition) is 2. The van der Waals surface area contributed by atoms with E-state index in [0.29, 0.717) is 11.1 Å². The number of rotatable bonds is 3. The molecule has 0 radical (unpaired) electrons. The van der Waals surface area contributed by atoms with Crippen molar-refractivity contribution in [2.24, 2.45) is 0 Å². The maximum absolute atomic E-state index is 11.9. The van der Waals surface area contributed by atoms with E-state index in [0.717, 1.165) is 33.4 Å². The fourth-order valence-electron chi connectivity index (χ4n) is 3.46. The Morgan fingerprint density at radius 2 is 1.15 bits per heavy atom. The van der Waals surface area contributed by atoms with Crippen LogP contribution >= 0.6 is 0 Å². The van der Waals surface area contributed by atoms with Crippen molar-refractivity contribution in [2.45, 2.75) is 13.8 Å². The zero-order chi connectivity index (χ0) is 18.3. The number of carbonyl (C=O) groups excluding carboxylic acids is 2. The summed E-state index contributed by atoms with van der Waals surface area (Å²) < 4.78 is 0. The Morgan fingerprint density at radius 3 is 1.62 bits per heavy atom. The minimum atomic E-state index is 0.0484. The molecule has 3 aromatic rings. The van der Waals surface area contributed by atoms with Gasteiger partial charge in [0.15, 0.2) is 11.6 Å². The molecule has 0 bridgehead atoms. The zero-order valence-electron chi connectivity index (χ0n) is 14.7. The van der Waals surface area contributed by atoms with Crippen LogP contribution in [0.2, 0.25) is 0 Å². The second-order valence-electron chi connectivity index (χ2n) is 6.60. The molecule has 2 heteroatoms. The standard InChI is InChI=1S/C24H18O2/c1-15(25)18-8-10-20-21-11-9-19(16(2)26)14-24(21)22(23(20)13-18)12-17-6-4-3-5-7-17/h3-14H,1-2H3. The van der Waals surface area contributed by atoms with Crippen LogP contribution in [0.3, 0.4) is 0 Å². The number of ketones is 2. The number of benzene rings is 3. The average molecular weight is 338 g/mol. The molecule has 4 rings (SSSR count). The van der Waals surface area contributed by atoms with E-state index < -0.39 is 0 Å². The van der Waals surface area contributed by atoms with Crippen molar-refractivity contribution < 1.29 is 9.59 Å². The lowest BCUT2D eigenvalue weighted by molar-refractivity contribution is 0.100. The summed E-state index contributed by atoms with van der Waals surface area (Å²) in [6, 6.07) is 21.8. The lowest BCUT2D eigenvalue weighted by atomic mass is 9.97. The molecule has 0 N–H and O–H groups in total.